The summed E-state index contributed by atoms with van der Waals surface area (Å²) in [6.07, 6.45) is 1.71. The van der Waals surface area contributed by atoms with Crippen molar-refractivity contribution in [1.29, 1.82) is 5.26 Å². The quantitative estimate of drug-likeness (QED) is 0.723. The van der Waals surface area contributed by atoms with E-state index >= 15 is 0 Å². The van der Waals surface area contributed by atoms with Gasteiger partial charge in [-0.05, 0) is 37.7 Å². The number of nitriles is 1. The van der Waals surface area contributed by atoms with Gasteiger partial charge in [0.05, 0.1) is 16.8 Å². The van der Waals surface area contributed by atoms with Gasteiger partial charge in [0.25, 0.3) is 0 Å². The van der Waals surface area contributed by atoms with Crippen molar-refractivity contribution in [3.05, 3.63) is 23.2 Å². The lowest BCUT2D eigenvalue weighted by atomic mass is 10.2. The highest BCUT2D eigenvalue weighted by molar-refractivity contribution is 6.33. The second-order valence-corrected chi connectivity index (χ2v) is 5.14. The van der Waals surface area contributed by atoms with Gasteiger partial charge < -0.3 is 16.0 Å². The second kappa shape index (κ2) is 9.22. The van der Waals surface area contributed by atoms with Crippen LogP contribution in [-0.4, -0.2) is 30.4 Å². The number of halogens is 1. The molecule has 0 aliphatic carbocycles. The van der Waals surface area contributed by atoms with E-state index in [0.717, 1.165) is 26.1 Å². The van der Waals surface area contributed by atoms with E-state index in [1.54, 1.807) is 18.2 Å². The Bertz CT molecular complexity index is 513. The van der Waals surface area contributed by atoms with E-state index in [1.165, 1.54) is 0 Å². The van der Waals surface area contributed by atoms with Crippen molar-refractivity contribution < 1.29 is 4.79 Å². The molecule has 0 atom stereocenters. The van der Waals surface area contributed by atoms with Crippen LogP contribution in [0.25, 0.3) is 0 Å². The molecule has 1 amide bonds. The van der Waals surface area contributed by atoms with Crippen molar-refractivity contribution >= 4 is 28.9 Å². The first-order valence-corrected chi connectivity index (χ1v) is 7.38. The monoisotopic (exact) mass is 308 g/mol. The summed E-state index contributed by atoms with van der Waals surface area (Å²) in [5, 5.41) is 11.8. The first-order chi connectivity index (χ1) is 10.1. The number of hydrogen-bond acceptors (Lipinski definition) is 4. The van der Waals surface area contributed by atoms with Crippen LogP contribution in [0, 0.1) is 11.3 Å². The van der Waals surface area contributed by atoms with Crippen LogP contribution in [0.3, 0.4) is 0 Å². The lowest BCUT2D eigenvalue weighted by Crippen LogP contribution is -2.26. The summed E-state index contributed by atoms with van der Waals surface area (Å²) in [5.41, 5.74) is 6.78. The molecule has 21 heavy (non-hydrogen) atoms. The number of hydrogen-bond donors (Lipinski definition) is 2. The van der Waals surface area contributed by atoms with Crippen molar-refractivity contribution in [2.75, 3.05) is 30.7 Å². The molecule has 6 heteroatoms. The molecule has 1 rings (SSSR count). The molecule has 0 aliphatic heterocycles. The molecule has 0 aromatic heterocycles. The highest BCUT2D eigenvalue weighted by Gasteiger charge is 2.06. The van der Waals surface area contributed by atoms with Crippen LogP contribution in [0.1, 0.15) is 26.2 Å². The highest BCUT2D eigenvalue weighted by Crippen LogP contribution is 2.22. The number of anilines is 2. The van der Waals surface area contributed by atoms with E-state index in [9.17, 15) is 4.79 Å². The van der Waals surface area contributed by atoms with E-state index < -0.39 is 0 Å². The predicted octanol–water partition coefficient (Wildman–Crippen LogP) is 2.88. The Labute approximate surface area is 130 Å². The second-order valence-electron chi connectivity index (χ2n) is 4.73. The maximum absolute atomic E-state index is 11.8. The van der Waals surface area contributed by atoms with Crippen LogP contribution < -0.4 is 11.1 Å². The fraction of sp³-hybridized carbons (Fsp3) is 0.467. The number of nitrogens with zero attached hydrogens (tertiary/aromatic N) is 2. The van der Waals surface area contributed by atoms with Gasteiger partial charge in [0.15, 0.2) is 0 Å². The zero-order valence-electron chi connectivity index (χ0n) is 12.2. The number of nitrogens with two attached hydrogens (primary N) is 1. The topological polar surface area (TPSA) is 82.2 Å². The zero-order valence-corrected chi connectivity index (χ0v) is 13.0. The minimum Gasteiger partial charge on any atom is -0.397 e. The van der Waals surface area contributed by atoms with Gasteiger partial charge in [-0.15, -0.1) is 0 Å². The largest absolute Gasteiger partial charge is 0.397 e. The molecular formula is C15H21ClN4O. The molecule has 0 bridgehead atoms. The fourth-order valence-electron chi connectivity index (χ4n) is 1.94. The summed E-state index contributed by atoms with van der Waals surface area (Å²) in [5.74, 6) is -0.0481. The first-order valence-electron chi connectivity index (χ1n) is 7.01. The number of carbonyl (C=O) groups is 1. The van der Waals surface area contributed by atoms with Crippen molar-refractivity contribution in [3.8, 4) is 6.07 Å². The first kappa shape index (κ1) is 17.3. The molecule has 0 radical (unpaired) electrons. The van der Waals surface area contributed by atoms with Gasteiger partial charge in [-0.1, -0.05) is 18.5 Å². The molecule has 0 saturated heterocycles. The van der Waals surface area contributed by atoms with Gasteiger partial charge in [0.1, 0.15) is 0 Å². The Hall–Kier alpha value is -1.77. The number of nitrogen functional groups attached to an aromatic ring is 1. The summed E-state index contributed by atoms with van der Waals surface area (Å²) in [7, 11) is 0. The number of amides is 1. The zero-order chi connectivity index (χ0) is 15.7. The van der Waals surface area contributed by atoms with Crippen LogP contribution in [0.4, 0.5) is 11.4 Å². The maximum atomic E-state index is 11.8. The fourth-order valence-corrected chi connectivity index (χ4v) is 2.06. The molecule has 1 aromatic rings. The molecule has 3 N–H and O–H groups in total. The number of carbonyl (C=O) groups excluding carboxylic acids is 1. The average molecular weight is 309 g/mol. The Morgan fingerprint density at radius 2 is 2.24 bits per heavy atom. The smallest absolute Gasteiger partial charge is 0.224 e. The van der Waals surface area contributed by atoms with E-state index in [-0.39, 0.29) is 5.91 Å². The summed E-state index contributed by atoms with van der Waals surface area (Å²) < 4.78 is 0. The lowest BCUT2D eigenvalue weighted by molar-refractivity contribution is -0.116. The molecule has 0 spiro atoms. The van der Waals surface area contributed by atoms with E-state index in [1.807, 2.05) is 6.92 Å². The third kappa shape index (κ3) is 6.48. The van der Waals surface area contributed by atoms with Crippen molar-refractivity contribution in [1.82, 2.24) is 4.90 Å². The third-order valence-corrected chi connectivity index (χ3v) is 3.49. The Kier molecular flexibility index (Phi) is 7.59. The maximum Gasteiger partial charge on any atom is 0.224 e. The van der Waals surface area contributed by atoms with E-state index in [2.05, 4.69) is 16.3 Å². The van der Waals surface area contributed by atoms with Crippen LogP contribution in [0.2, 0.25) is 5.02 Å². The number of rotatable bonds is 8. The Morgan fingerprint density at radius 1 is 1.48 bits per heavy atom. The minimum atomic E-state index is -0.0481. The molecule has 114 valence electrons. The molecule has 0 saturated carbocycles. The van der Waals surface area contributed by atoms with Gasteiger partial charge in [-0.3, -0.25) is 4.79 Å². The lowest BCUT2D eigenvalue weighted by Gasteiger charge is -2.18. The molecular weight excluding hydrogens is 288 g/mol. The standard InChI is InChI=1S/C15H21ClN4O/c1-2-20(10-4-8-17)9-3-5-15(21)19-12-6-7-13(16)14(18)11-12/h6-7,11H,2-5,9-10,18H2,1H3,(H,19,21). The van der Waals surface area contributed by atoms with Gasteiger partial charge in [0.2, 0.25) is 5.91 Å². The Morgan fingerprint density at radius 3 is 2.86 bits per heavy atom. The highest BCUT2D eigenvalue weighted by atomic mass is 35.5. The molecule has 1 aromatic carbocycles. The molecule has 0 aliphatic rings. The van der Waals surface area contributed by atoms with E-state index in [4.69, 9.17) is 22.6 Å². The average Bonchev–Trinajstić information content (AvgIpc) is 2.46. The summed E-state index contributed by atoms with van der Waals surface area (Å²) in [6, 6.07) is 7.16. The number of benzene rings is 1. The predicted molar refractivity (Wildman–Crippen MR) is 86.1 cm³/mol. The third-order valence-electron chi connectivity index (χ3n) is 3.14. The minimum absolute atomic E-state index is 0.0481. The van der Waals surface area contributed by atoms with Crippen LogP contribution in [0.5, 0.6) is 0 Å². The van der Waals surface area contributed by atoms with Crippen LogP contribution in [0.15, 0.2) is 18.2 Å². The molecule has 0 unspecified atom stereocenters. The van der Waals surface area contributed by atoms with Gasteiger partial charge in [0, 0.05) is 25.1 Å². The molecule has 0 fully saturated rings. The normalized spacial score (nSPS) is 10.4. The summed E-state index contributed by atoms with van der Waals surface area (Å²) in [6.45, 7) is 4.50. The van der Waals surface area contributed by atoms with Gasteiger partial charge in [-0.25, -0.2) is 0 Å². The molecule has 0 heterocycles. The van der Waals surface area contributed by atoms with E-state index in [0.29, 0.717) is 29.2 Å². The van der Waals surface area contributed by atoms with Crippen molar-refractivity contribution in [2.24, 2.45) is 0 Å². The summed E-state index contributed by atoms with van der Waals surface area (Å²) >= 11 is 5.83. The van der Waals surface area contributed by atoms with Crippen molar-refractivity contribution in [2.45, 2.75) is 26.2 Å². The van der Waals surface area contributed by atoms with Crippen LogP contribution >= 0.6 is 11.6 Å². The molecule has 5 nitrogen and oxygen atoms in total. The van der Waals surface area contributed by atoms with Crippen molar-refractivity contribution in [3.63, 3.8) is 0 Å². The van der Waals surface area contributed by atoms with Gasteiger partial charge >= 0.3 is 0 Å². The SMILES string of the molecule is CCN(CCC#N)CCCC(=O)Nc1ccc(Cl)c(N)c1. The summed E-state index contributed by atoms with van der Waals surface area (Å²) in [4.78, 5) is 14.0. The van der Waals surface area contributed by atoms with Crippen LogP contribution in [-0.2, 0) is 4.79 Å². The Balaban J connectivity index is 2.33. The number of nitrogens with one attached hydrogen (secondary N) is 1. The van der Waals surface area contributed by atoms with Gasteiger partial charge in [-0.2, -0.15) is 5.26 Å².